The first kappa shape index (κ1) is 13.5. The molecule has 1 saturated carbocycles. The highest BCUT2D eigenvalue weighted by Crippen LogP contribution is 2.23. The predicted octanol–water partition coefficient (Wildman–Crippen LogP) is 2.20. The van der Waals surface area contributed by atoms with E-state index in [-0.39, 0.29) is 17.9 Å². The lowest BCUT2D eigenvalue weighted by Crippen LogP contribution is -2.39. The lowest BCUT2D eigenvalue weighted by atomic mass is 9.98. The Morgan fingerprint density at radius 1 is 1.31 bits per heavy atom. The second-order valence-corrected chi connectivity index (χ2v) is 4.88. The summed E-state index contributed by atoms with van der Waals surface area (Å²) >= 11 is 0. The number of amides is 1. The van der Waals surface area contributed by atoms with Crippen LogP contribution in [0.3, 0.4) is 0 Å². The molecular formula is C13H26N2O. The molecule has 16 heavy (non-hydrogen) atoms. The normalized spacial score (nSPS) is 20.1. The van der Waals surface area contributed by atoms with Crippen LogP contribution in [0.5, 0.6) is 0 Å². The van der Waals surface area contributed by atoms with Crippen molar-refractivity contribution >= 4 is 5.91 Å². The lowest BCUT2D eigenvalue weighted by molar-refractivity contribution is -0.126. The molecule has 0 saturated heterocycles. The summed E-state index contributed by atoms with van der Waals surface area (Å²) in [5, 5.41) is 3.15. The van der Waals surface area contributed by atoms with Gasteiger partial charge in [0.25, 0.3) is 0 Å². The Morgan fingerprint density at radius 2 is 1.94 bits per heavy atom. The first-order chi connectivity index (χ1) is 7.77. The van der Waals surface area contributed by atoms with E-state index in [0.29, 0.717) is 6.54 Å². The van der Waals surface area contributed by atoms with Gasteiger partial charge in [-0.3, -0.25) is 4.79 Å². The van der Waals surface area contributed by atoms with Crippen LogP contribution in [0.2, 0.25) is 0 Å². The summed E-state index contributed by atoms with van der Waals surface area (Å²) in [7, 11) is 0. The zero-order valence-corrected chi connectivity index (χ0v) is 10.5. The molecular weight excluding hydrogens is 200 g/mol. The summed E-state index contributed by atoms with van der Waals surface area (Å²) in [4.78, 5) is 12.0. The number of hydrogen-bond donors (Lipinski definition) is 2. The van der Waals surface area contributed by atoms with Crippen molar-refractivity contribution in [1.82, 2.24) is 5.32 Å². The summed E-state index contributed by atoms with van der Waals surface area (Å²) in [6.07, 6.45) is 9.05. The number of rotatable bonds is 5. The van der Waals surface area contributed by atoms with Crippen molar-refractivity contribution in [3.05, 3.63) is 0 Å². The number of carbonyl (C=O) groups excluding carboxylic acids is 1. The molecule has 0 aromatic rings. The highest BCUT2D eigenvalue weighted by atomic mass is 16.1. The van der Waals surface area contributed by atoms with E-state index in [9.17, 15) is 4.79 Å². The van der Waals surface area contributed by atoms with Crippen molar-refractivity contribution < 1.29 is 4.79 Å². The maximum atomic E-state index is 12.0. The van der Waals surface area contributed by atoms with E-state index in [2.05, 4.69) is 12.2 Å². The molecule has 0 bridgehead atoms. The minimum atomic E-state index is 0.259. The topological polar surface area (TPSA) is 55.1 Å². The lowest BCUT2D eigenvalue weighted by Gasteiger charge is -2.20. The van der Waals surface area contributed by atoms with Gasteiger partial charge in [-0.15, -0.1) is 0 Å². The second-order valence-electron chi connectivity index (χ2n) is 4.88. The molecule has 0 radical (unpaired) electrons. The summed E-state index contributed by atoms with van der Waals surface area (Å²) in [5.74, 6) is 0.525. The van der Waals surface area contributed by atoms with E-state index in [1.54, 1.807) is 0 Å². The average molecular weight is 226 g/mol. The van der Waals surface area contributed by atoms with Crippen LogP contribution in [0.1, 0.15) is 58.3 Å². The Hall–Kier alpha value is -0.570. The van der Waals surface area contributed by atoms with Gasteiger partial charge in [0.15, 0.2) is 0 Å². The van der Waals surface area contributed by atoms with Gasteiger partial charge >= 0.3 is 0 Å². The zero-order chi connectivity index (χ0) is 11.8. The highest BCUT2D eigenvalue weighted by Gasteiger charge is 2.21. The summed E-state index contributed by atoms with van der Waals surface area (Å²) in [5.41, 5.74) is 5.53. The molecule has 1 amide bonds. The minimum absolute atomic E-state index is 0.259. The van der Waals surface area contributed by atoms with Crippen molar-refractivity contribution in [2.75, 3.05) is 6.54 Å². The minimum Gasteiger partial charge on any atom is -0.353 e. The van der Waals surface area contributed by atoms with Gasteiger partial charge in [-0.05, 0) is 32.2 Å². The molecule has 3 N–H and O–H groups in total. The van der Waals surface area contributed by atoms with E-state index in [1.807, 2.05) is 0 Å². The largest absolute Gasteiger partial charge is 0.353 e. The van der Waals surface area contributed by atoms with Gasteiger partial charge in [0.1, 0.15) is 0 Å². The fourth-order valence-electron chi connectivity index (χ4n) is 2.44. The Kier molecular flexibility index (Phi) is 6.46. The Labute approximate surface area is 99.2 Å². The molecule has 0 aromatic carbocycles. The van der Waals surface area contributed by atoms with Crippen molar-refractivity contribution in [2.24, 2.45) is 11.7 Å². The van der Waals surface area contributed by atoms with Gasteiger partial charge in [0.05, 0.1) is 0 Å². The molecule has 1 aliphatic rings. The molecule has 1 unspecified atom stereocenters. The molecule has 94 valence electrons. The van der Waals surface area contributed by atoms with Crippen LogP contribution >= 0.6 is 0 Å². The molecule has 0 aliphatic heterocycles. The quantitative estimate of drug-likeness (QED) is 0.706. The number of carbonyl (C=O) groups is 1. The Morgan fingerprint density at radius 3 is 2.44 bits per heavy atom. The smallest absolute Gasteiger partial charge is 0.223 e. The van der Waals surface area contributed by atoms with E-state index >= 15 is 0 Å². The summed E-state index contributed by atoms with van der Waals surface area (Å²) in [6.45, 7) is 2.76. The SMILES string of the molecule is CCC(CCN)NC(=O)C1CCCCCC1. The van der Waals surface area contributed by atoms with Gasteiger partial charge in [-0.25, -0.2) is 0 Å². The van der Waals surface area contributed by atoms with E-state index < -0.39 is 0 Å². The highest BCUT2D eigenvalue weighted by molar-refractivity contribution is 5.78. The van der Waals surface area contributed by atoms with E-state index in [4.69, 9.17) is 5.73 Å². The third kappa shape index (κ3) is 4.52. The van der Waals surface area contributed by atoms with Crippen molar-refractivity contribution in [3.63, 3.8) is 0 Å². The molecule has 0 heterocycles. The predicted molar refractivity (Wildman–Crippen MR) is 67.1 cm³/mol. The van der Waals surface area contributed by atoms with Crippen LogP contribution in [0.4, 0.5) is 0 Å². The van der Waals surface area contributed by atoms with E-state index in [1.165, 1.54) is 25.7 Å². The Bertz CT molecular complexity index is 198. The van der Waals surface area contributed by atoms with Crippen LogP contribution < -0.4 is 11.1 Å². The molecule has 1 atom stereocenters. The summed E-state index contributed by atoms with van der Waals surface area (Å²) in [6, 6.07) is 0.278. The average Bonchev–Trinajstić information content (AvgIpc) is 2.56. The maximum Gasteiger partial charge on any atom is 0.223 e. The number of hydrogen-bond acceptors (Lipinski definition) is 2. The summed E-state index contributed by atoms with van der Waals surface area (Å²) < 4.78 is 0. The van der Waals surface area contributed by atoms with Gasteiger partial charge < -0.3 is 11.1 Å². The van der Waals surface area contributed by atoms with Crippen LogP contribution in [0.25, 0.3) is 0 Å². The van der Waals surface area contributed by atoms with Crippen molar-refractivity contribution in [3.8, 4) is 0 Å². The first-order valence-electron chi connectivity index (χ1n) is 6.78. The van der Waals surface area contributed by atoms with Gasteiger partial charge in [0.2, 0.25) is 5.91 Å². The fourth-order valence-corrected chi connectivity index (χ4v) is 2.44. The molecule has 1 aliphatic carbocycles. The second kappa shape index (κ2) is 7.66. The third-order valence-electron chi connectivity index (χ3n) is 3.58. The van der Waals surface area contributed by atoms with Crippen LogP contribution in [0.15, 0.2) is 0 Å². The maximum absolute atomic E-state index is 12.0. The van der Waals surface area contributed by atoms with Crippen molar-refractivity contribution in [1.29, 1.82) is 0 Å². The molecule has 3 nitrogen and oxygen atoms in total. The number of nitrogens with one attached hydrogen (secondary N) is 1. The monoisotopic (exact) mass is 226 g/mol. The number of nitrogens with two attached hydrogens (primary N) is 1. The molecule has 0 aromatic heterocycles. The fraction of sp³-hybridized carbons (Fsp3) is 0.923. The van der Waals surface area contributed by atoms with E-state index in [0.717, 1.165) is 25.7 Å². The first-order valence-corrected chi connectivity index (χ1v) is 6.78. The third-order valence-corrected chi connectivity index (χ3v) is 3.58. The van der Waals surface area contributed by atoms with Crippen LogP contribution in [-0.4, -0.2) is 18.5 Å². The van der Waals surface area contributed by atoms with Crippen LogP contribution in [-0.2, 0) is 4.79 Å². The Balaban J connectivity index is 2.36. The molecule has 3 heteroatoms. The molecule has 1 fully saturated rings. The molecule has 1 rings (SSSR count). The van der Waals surface area contributed by atoms with Crippen molar-refractivity contribution in [2.45, 2.75) is 64.3 Å². The standard InChI is InChI=1S/C13H26N2O/c1-2-12(9-10-14)15-13(16)11-7-5-3-4-6-8-11/h11-12H,2-10,14H2,1H3,(H,15,16). The van der Waals surface area contributed by atoms with Crippen LogP contribution in [0, 0.1) is 5.92 Å². The zero-order valence-electron chi connectivity index (χ0n) is 10.5. The van der Waals surface area contributed by atoms with Gasteiger partial charge in [0, 0.05) is 12.0 Å². The van der Waals surface area contributed by atoms with Gasteiger partial charge in [-0.2, -0.15) is 0 Å². The molecule has 0 spiro atoms. The van der Waals surface area contributed by atoms with Gasteiger partial charge in [-0.1, -0.05) is 32.6 Å².